The molecule has 5 heteroatoms. The number of benzene rings is 1. The number of rotatable bonds is 1. The molecule has 0 amide bonds. The lowest BCUT2D eigenvalue weighted by atomic mass is 10.2. The number of hydrogen-bond acceptors (Lipinski definition) is 4. The van der Waals surface area contributed by atoms with Crippen molar-refractivity contribution in [1.29, 1.82) is 0 Å². The summed E-state index contributed by atoms with van der Waals surface area (Å²) in [5, 5.41) is -0.161. The number of hydrogen-bond donors (Lipinski definition) is 0. The van der Waals surface area contributed by atoms with E-state index >= 15 is 0 Å². The molecule has 1 aliphatic rings. The van der Waals surface area contributed by atoms with Crippen molar-refractivity contribution in [2.24, 2.45) is 4.99 Å². The molecule has 1 aliphatic heterocycles. The van der Waals surface area contributed by atoms with Gasteiger partial charge in [-0.05, 0) is 19.1 Å². The average Bonchev–Trinajstić information content (AvgIpc) is 2.71. The zero-order valence-corrected chi connectivity index (χ0v) is 9.12. The Morgan fingerprint density at radius 3 is 2.47 bits per heavy atom. The van der Waals surface area contributed by atoms with Crippen molar-refractivity contribution < 1.29 is 13.2 Å². The SMILES string of the molecule is Cc1ccc(S(=O)(=O)C2=NCCO2)cc1. The molecule has 0 saturated carbocycles. The minimum Gasteiger partial charge on any atom is -0.467 e. The van der Waals surface area contributed by atoms with Gasteiger partial charge in [0.05, 0.1) is 11.4 Å². The fourth-order valence-corrected chi connectivity index (χ4v) is 2.49. The quantitative estimate of drug-likeness (QED) is 0.720. The maximum absolute atomic E-state index is 11.9. The van der Waals surface area contributed by atoms with Crippen LogP contribution >= 0.6 is 0 Å². The van der Waals surface area contributed by atoms with E-state index in [1.165, 1.54) is 0 Å². The second kappa shape index (κ2) is 3.66. The minimum absolute atomic E-state index is 0.161. The van der Waals surface area contributed by atoms with Crippen LogP contribution in [0.4, 0.5) is 0 Å². The zero-order valence-electron chi connectivity index (χ0n) is 8.30. The molecule has 0 saturated heterocycles. The molecule has 0 aromatic heterocycles. The first-order chi connectivity index (χ1) is 7.10. The molecular formula is C10H11NO3S. The third kappa shape index (κ3) is 1.87. The summed E-state index contributed by atoms with van der Waals surface area (Å²) in [6.45, 7) is 2.67. The van der Waals surface area contributed by atoms with Crippen molar-refractivity contribution in [2.45, 2.75) is 11.8 Å². The van der Waals surface area contributed by atoms with Crippen molar-refractivity contribution in [3.63, 3.8) is 0 Å². The Hall–Kier alpha value is -1.36. The summed E-state index contributed by atoms with van der Waals surface area (Å²) in [6.07, 6.45) is 0. The largest absolute Gasteiger partial charge is 0.467 e. The molecule has 1 aromatic rings. The molecule has 1 aromatic carbocycles. The number of nitrogens with zero attached hydrogens (tertiary/aromatic N) is 1. The van der Waals surface area contributed by atoms with E-state index in [1.54, 1.807) is 24.3 Å². The number of aryl methyl sites for hydroxylation is 1. The van der Waals surface area contributed by atoms with Crippen LogP contribution in [0, 0.1) is 6.92 Å². The molecule has 0 spiro atoms. The predicted molar refractivity (Wildman–Crippen MR) is 56.6 cm³/mol. The van der Waals surface area contributed by atoms with Gasteiger partial charge in [-0.25, -0.2) is 13.4 Å². The number of sulfone groups is 1. The molecule has 0 radical (unpaired) electrons. The van der Waals surface area contributed by atoms with E-state index in [4.69, 9.17) is 4.74 Å². The molecule has 0 N–H and O–H groups in total. The number of aliphatic imine (C=N–C) groups is 1. The summed E-state index contributed by atoms with van der Waals surface area (Å²) in [5.41, 5.74) is 1.02. The van der Waals surface area contributed by atoms with Gasteiger partial charge < -0.3 is 4.74 Å². The van der Waals surface area contributed by atoms with Gasteiger partial charge in [-0.3, -0.25) is 0 Å². The molecule has 0 atom stereocenters. The summed E-state index contributed by atoms with van der Waals surface area (Å²) in [5.74, 6) is 0. The Balaban J connectivity index is 2.41. The molecule has 0 fully saturated rings. The molecular weight excluding hydrogens is 214 g/mol. The summed E-state index contributed by atoms with van der Waals surface area (Å²) in [7, 11) is -3.53. The normalized spacial score (nSPS) is 15.9. The topological polar surface area (TPSA) is 55.7 Å². The van der Waals surface area contributed by atoms with Gasteiger partial charge in [-0.1, -0.05) is 17.7 Å². The van der Waals surface area contributed by atoms with Gasteiger partial charge in [0.25, 0.3) is 9.84 Å². The van der Waals surface area contributed by atoms with Gasteiger partial charge in [0.1, 0.15) is 6.61 Å². The monoisotopic (exact) mass is 225 g/mol. The van der Waals surface area contributed by atoms with Crippen molar-refractivity contribution in [3.8, 4) is 0 Å². The standard InChI is InChI=1S/C10H11NO3S/c1-8-2-4-9(5-3-8)15(12,13)10-11-6-7-14-10/h2-5H,6-7H2,1H3. The van der Waals surface area contributed by atoms with E-state index in [-0.39, 0.29) is 10.1 Å². The lowest BCUT2D eigenvalue weighted by molar-refractivity contribution is 0.353. The van der Waals surface area contributed by atoms with Crippen LogP contribution in [0.1, 0.15) is 5.56 Å². The Morgan fingerprint density at radius 1 is 1.27 bits per heavy atom. The molecule has 1 heterocycles. The first-order valence-electron chi connectivity index (χ1n) is 4.60. The van der Waals surface area contributed by atoms with Crippen LogP contribution in [0.3, 0.4) is 0 Å². The van der Waals surface area contributed by atoms with Crippen molar-refractivity contribution >= 4 is 15.1 Å². The lowest BCUT2D eigenvalue weighted by Crippen LogP contribution is -2.15. The van der Waals surface area contributed by atoms with Crippen LogP contribution in [0.2, 0.25) is 0 Å². The maximum atomic E-state index is 11.9. The van der Waals surface area contributed by atoms with Crippen LogP contribution in [-0.4, -0.2) is 26.8 Å². The first kappa shape index (κ1) is 10.2. The van der Waals surface area contributed by atoms with Gasteiger partial charge in [0.2, 0.25) is 0 Å². The highest BCUT2D eigenvalue weighted by atomic mass is 32.2. The third-order valence-corrected chi connectivity index (χ3v) is 3.72. The van der Waals surface area contributed by atoms with Crippen LogP contribution in [0.15, 0.2) is 34.2 Å². The molecule has 15 heavy (non-hydrogen) atoms. The van der Waals surface area contributed by atoms with Gasteiger partial charge >= 0.3 is 5.23 Å². The Labute approximate surface area is 88.5 Å². The smallest absolute Gasteiger partial charge is 0.310 e. The first-order valence-corrected chi connectivity index (χ1v) is 6.08. The molecule has 0 unspecified atom stereocenters. The Morgan fingerprint density at radius 2 is 1.93 bits per heavy atom. The predicted octanol–water partition coefficient (Wildman–Crippen LogP) is 1.15. The lowest BCUT2D eigenvalue weighted by Gasteiger charge is -2.03. The Kier molecular flexibility index (Phi) is 2.48. The highest BCUT2D eigenvalue weighted by Gasteiger charge is 2.26. The van der Waals surface area contributed by atoms with E-state index in [9.17, 15) is 8.42 Å². The molecule has 4 nitrogen and oxygen atoms in total. The highest BCUT2D eigenvalue weighted by Crippen LogP contribution is 2.16. The van der Waals surface area contributed by atoms with Crippen LogP contribution in [0.5, 0.6) is 0 Å². The fourth-order valence-electron chi connectivity index (χ4n) is 1.30. The van der Waals surface area contributed by atoms with E-state index in [0.717, 1.165) is 5.56 Å². The second-order valence-electron chi connectivity index (χ2n) is 3.31. The maximum Gasteiger partial charge on any atom is 0.310 e. The van der Waals surface area contributed by atoms with E-state index in [0.29, 0.717) is 13.2 Å². The van der Waals surface area contributed by atoms with Crippen molar-refractivity contribution in [1.82, 2.24) is 0 Å². The number of ether oxygens (including phenoxy) is 1. The van der Waals surface area contributed by atoms with Gasteiger partial charge in [0.15, 0.2) is 0 Å². The molecule has 0 aliphatic carbocycles. The van der Waals surface area contributed by atoms with E-state index in [1.807, 2.05) is 6.92 Å². The summed E-state index contributed by atoms with van der Waals surface area (Å²) in [6, 6.07) is 6.63. The Bertz CT molecular complexity index is 488. The summed E-state index contributed by atoms with van der Waals surface area (Å²) < 4.78 is 28.7. The second-order valence-corrected chi connectivity index (χ2v) is 5.14. The third-order valence-electron chi connectivity index (χ3n) is 2.12. The minimum atomic E-state index is -3.53. The van der Waals surface area contributed by atoms with Crippen LogP contribution in [0.25, 0.3) is 0 Å². The fraction of sp³-hybridized carbons (Fsp3) is 0.300. The van der Waals surface area contributed by atoms with Gasteiger partial charge in [-0.15, -0.1) is 0 Å². The van der Waals surface area contributed by atoms with E-state index in [2.05, 4.69) is 4.99 Å². The molecule has 80 valence electrons. The van der Waals surface area contributed by atoms with E-state index < -0.39 is 9.84 Å². The average molecular weight is 225 g/mol. The van der Waals surface area contributed by atoms with Crippen LogP contribution < -0.4 is 0 Å². The van der Waals surface area contributed by atoms with Gasteiger partial charge in [0, 0.05) is 0 Å². The van der Waals surface area contributed by atoms with Crippen molar-refractivity contribution in [2.75, 3.05) is 13.2 Å². The summed E-state index contributed by atoms with van der Waals surface area (Å²) >= 11 is 0. The van der Waals surface area contributed by atoms with Crippen molar-refractivity contribution in [3.05, 3.63) is 29.8 Å². The molecule has 0 bridgehead atoms. The van der Waals surface area contributed by atoms with Gasteiger partial charge in [-0.2, -0.15) is 0 Å². The summed E-state index contributed by atoms with van der Waals surface area (Å²) in [4.78, 5) is 4.04. The zero-order chi connectivity index (χ0) is 10.9. The highest BCUT2D eigenvalue weighted by molar-refractivity contribution is 8.06. The van der Waals surface area contributed by atoms with Crippen LogP contribution in [-0.2, 0) is 14.6 Å². The molecule has 2 rings (SSSR count).